The van der Waals surface area contributed by atoms with E-state index in [9.17, 15) is 0 Å². The first kappa shape index (κ1) is 8.59. The Morgan fingerprint density at radius 2 is 1.75 bits per heavy atom. The molecule has 2 unspecified atom stereocenters. The Kier molecular flexibility index (Phi) is 1.97. The molecular weight excluding hydrogens is 144 g/mol. The lowest BCUT2D eigenvalue weighted by Crippen LogP contribution is -2.21. The van der Waals surface area contributed by atoms with Crippen molar-refractivity contribution in [1.29, 1.82) is 0 Å². The standard InChI is InChI=1S/C12H22/c1-9-11-7-5-4-6-10(11)8-12(9,2)3/h9-11H,4-8H2,1-3H3/t9-,10?,11?/m0/s1. The Bertz CT molecular complexity index is 169. The highest BCUT2D eigenvalue weighted by Crippen LogP contribution is 2.54. The molecule has 0 radical (unpaired) electrons. The molecule has 2 fully saturated rings. The highest BCUT2D eigenvalue weighted by Gasteiger charge is 2.45. The zero-order valence-corrected chi connectivity index (χ0v) is 8.77. The maximum absolute atomic E-state index is 2.48. The molecule has 2 aliphatic carbocycles. The van der Waals surface area contributed by atoms with E-state index >= 15 is 0 Å². The molecule has 0 amide bonds. The molecule has 0 N–H and O–H groups in total. The minimum Gasteiger partial charge on any atom is -0.0617 e. The quantitative estimate of drug-likeness (QED) is 0.512. The SMILES string of the molecule is C[C@H]1C2CCCCC2CC1(C)C. The van der Waals surface area contributed by atoms with Gasteiger partial charge in [0.05, 0.1) is 0 Å². The van der Waals surface area contributed by atoms with Gasteiger partial charge >= 0.3 is 0 Å². The molecule has 0 heteroatoms. The molecule has 0 nitrogen and oxygen atoms in total. The van der Waals surface area contributed by atoms with Gasteiger partial charge in [-0.15, -0.1) is 0 Å². The van der Waals surface area contributed by atoms with E-state index in [-0.39, 0.29) is 0 Å². The van der Waals surface area contributed by atoms with Crippen molar-refractivity contribution in [3.05, 3.63) is 0 Å². The normalized spacial score (nSPS) is 45.8. The first-order chi connectivity index (χ1) is 5.61. The van der Waals surface area contributed by atoms with Crippen LogP contribution in [0.3, 0.4) is 0 Å². The highest BCUT2D eigenvalue weighted by molar-refractivity contribution is 4.95. The summed E-state index contributed by atoms with van der Waals surface area (Å²) in [6.07, 6.45) is 7.55. The maximum Gasteiger partial charge on any atom is -0.0323 e. The fraction of sp³-hybridized carbons (Fsp3) is 1.00. The molecule has 2 saturated carbocycles. The second kappa shape index (κ2) is 2.75. The van der Waals surface area contributed by atoms with Crippen LogP contribution in [0.25, 0.3) is 0 Å². The molecular formula is C12H22. The summed E-state index contributed by atoms with van der Waals surface area (Å²) >= 11 is 0. The largest absolute Gasteiger partial charge is 0.0617 e. The summed E-state index contributed by atoms with van der Waals surface area (Å²) < 4.78 is 0. The van der Waals surface area contributed by atoms with Gasteiger partial charge < -0.3 is 0 Å². The van der Waals surface area contributed by atoms with Crippen molar-refractivity contribution in [2.24, 2.45) is 23.2 Å². The van der Waals surface area contributed by atoms with E-state index in [1.54, 1.807) is 0 Å². The molecule has 70 valence electrons. The highest BCUT2D eigenvalue weighted by atomic mass is 14.5. The smallest absolute Gasteiger partial charge is 0.0323 e. The van der Waals surface area contributed by atoms with Crippen LogP contribution in [0.15, 0.2) is 0 Å². The van der Waals surface area contributed by atoms with Gasteiger partial charge in [-0.25, -0.2) is 0 Å². The third-order valence-electron chi connectivity index (χ3n) is 4.63. The third kappa shape index (κ3) is 1.20. The van der Waals surface area contributed by atoms with Crippen LogP contribution in [0.4, 0.5) is 0 Å². The molecule has 0 bridgehead atoms. The first-order valence-corrected chi connectivity index (χ1v) is 5.61. The van der Waals surface area contributed by atoms with E-state index in [1.165, 1.54) is 32.1 Å². The lowest BCUT2D eigenvalue weighted by molar-refractivity contribution is 0.205. The van der Waals surface area contributed by atoms with Gasteiger partial charge in [0.1, 0.15) is 0 Å². The van der Waals surface area contributed by atoms with Crippen molar-refractivity contribution in [3.63, 3.8) is 0 Å². The summed E-state index contributed by atoms with van der Waals surface area (Å²) in [6, 6.07) is 0. The van der Waals surface area contributed by atoms with Crippen molar-refractivity contribution in [3.8, 4) is 0 Å². The van der Waals surface area contributed by atoms with Crippen molar-refractivity contribution in [1.82, 2.24) is 0 Å². The molecule has 0 saturated heterocycles. The molecule has 0 aliphatic heterocycles. The molecule has 0 aromatic heterocycles. The molecule has 0 spiro atoms. The van der Waals surface area contributed by atoms with Gasteiger partial charge in [-0.05, 0) is 36.0 Å². The second-order valence-corrected chi connectivity index (χ2v) is 5.69. The monoisotopic (exact) mass is 166 g/mol. The molecule has 2 rings (SSSR count). The summed E-state index contributed by atoms with van der Waals surface area (Å²) in [5.41, 5.74) is 0.639. The average molecular weight is 166 g/mol. The van der Waals surface area contributed by atoms with Gasteiger partial charge in [-0.3, -0.25) is 0 Å². The van der Waals surface area contributed by atoms with Crippen molar-refractivity contribution < 1.29 is 0 Å². The van der Waals surface area contributed by atoms with Crippen LogP contribution in [-0.2, 0) is 0 Å². The Morgan fingerprint density at radius 1 is 1.08 bits per heavy atom. The Balaban J connectivity index is 2.13. The summed E-state index contributed by atoms with van der Waals surface area (Å²) in [6.45, 7) is 7.42. The average Bonchev–Trinajstić information content (AvgIpc) is 2.24. The van der Waals surface area contributed by atoms with Gasteiger partial charge in [0.2, 0.25) is 0 Å². The predicted octanol–water partition coefficient (Wildman–Crippen LogP) is 3.86. The van der Waals surface area contributed by atoms with Crippen LogP contribution in [0.1, 0.15) is 52.9 Å². The van der Waals surface area contributed by atoms with Crippen LogP contribution < -0.4 is 0 Å². The van der Waals surface area contributed by atoms with E-state index < -0.39 is 0 Å². The van der Waals surface area contributed by atoms with Crippen molar-refractivity contribution in [2.75, 3.05) is 0 Å². The van der Waals surface area contributed by atoms with Gasteiger partial charge in [0.25, 0.3) is 0 Å². The molecule has 12 heavy (non-hydrogen) atoms. The Labute approximate surface area is 76.7 Å². The summed E-state index contributed by atoms with van der Waals surface area (Å²) in [7, 11) is 0. The van der Waals surface area contributed by atoms with Gasteiger partial charge in [0.15, 0.2) is 0 Å². The topological polar surface area (TPSA) is 0 Å². The van der Waals surface area contributed by atoms with E-state index in [1.807, 2.05) is 0 Å². The van der Waals surface area contributed by atoms with Crippen LogP contribution in [-0.4, -0.2) is 0 Å². The maximum atomic E-state index is 2.48. The lowest BCUT2D eigenvalue weighted by atomic mass is 9.76. The molecule has 2 aliphatic rings. The van der Waals surface area contributed by atoms with E-state index in [2.05, 4.69) is 20.8 Å². The van der Waals surface area contributed by atoms with Crippen molar-refractivity contribution in [2.45, 2.75) is 52.9 Å². The molecule has 3 atom stereocenters. The van der Waals surface area contributed by atoms with Gasteiger partial charge in [0, 0.05) is 0 Å². The summed E-state index contributed by atoms with van der Waals surface area (Å²) in [5.74, 6) is 3.14. The number of hydrogen-bond acceptors (Lipinski definition) is 0. The number of rotatable bonds is 0. The fourth-order valence-corrected chi connectivity index (χ4v) is 3.59. The van der Waals surface area contributed by atoms with E-state index in [0.29, 0.717) is 5.41 Å². The van der Waals surface area contributed by atoms with E-state index in [4.69, 9.17) is 0 Å². The van der Waals surface area contributed by atoms with E-state index in [0.717, 1.165) is 17.8 Å². The first-order valence-electron chi connectivity index (χ1n) is 5.61. The minimum atomic E-state index is 0.639. The Hall–Kier alpha value is 0. The third-order valence-corrected chi connectivity index (χ3v) is 4.63. The lowest BCUT2D eigenvalue weighted by Gasteiger charge is -2.29. The van der Waals surface area contributed by atoms with Gasteiger partial charge in [-0.2, -0.15) is 0 Å². The zero-order chi connectivity index (χ0) is 8.77. The number of fused-ring (bicyclic) bond motifs is 1. The predicted molar refractivity (Wildman–Crippen MR) is 53.0 cm³/mol. The summed E-state index contributed by atoms with van der Waals surface area (Å²) in [4.78, 5) is 0. The van der Waals surface area contributed by atoms with Crippen LogP contribution in [0.5, 0.6) is 0 Å². The Morgan fingerprint density at radius 3 is 2.42 bits per heavy atom. The zero-order valence-electron chi connectivity index (χ0n) is 8.77. The molecule has 0 heterocycles. The minimum absolute atomic E-state index is 0.639. The van der Waals surface area contributed by atoms with Gasteiger partial charge in [-0.1, -0.05) is 40.0 Å². The molecule has 0 aromatic carbocycles. The second-order valence-electron chi connectivity index (χ2n) is 5.69. The van der Waals surface area contributed by atoms with Crippen LogP contribution in [0, 0.1) is 23.2 Å². The summed E-state index contributed by atoms with van der Waals surface area (Å²) in [5, 5.41) is 0. The number of hydrogen-bond donors (Lipinski definition) is 0. The van der Waals surface area contributed by atoms with Crippen molar-refractivity contribution >= 4 is 0 Å². The fourth-order valence-electron chi connectivity index (χ4n) is 3.59. The van der Waals surface area contributed by atoms with Crippen LogP contribution >= 0.6 is 0 Å². The van der Waals surface area contributed by atoms with Crippen LogP contribution in [0.2, 0.25) is 0 Å². The molecule has 0 aromatic rings.